The predicted molar refractivity (Wildman–Crippen MR) is 114 cm³/mol. The number of hydrogen-bond donors (Lipinski definition) is 1. The molecule has 146 valence electrons. The number of anilines is 1. The monoisotopic (exact) mass is 376 g/mol. The van der Waals surface area contributed by atoms with Gasteiger partial charge in [0.05, 0.1) is 0 Å². The number of hydrazone groups is 1. The minimum atomic E-state index is -0.123. The number of nitrogens with zero attached hydrogens (tertiary/aromatic N) is 3. The van der Waals surface area contributed by atoms with Gasteiger partial charge in [-0.25, -0.2) is 5.43 Å². The topological polar surface area (TPSA) is 47.9 Å². The van der Waals surface area contributed by atoms with Gasteiger partial charge in [0.1, 0.15) is 0 Å². The van der Waals surface area contributed by atoms with Gasteiger partial charge in [-0.05, 0) is 55.5 Å². The molecule has 1 heterocycles. The van der Waals surface area contributed by atoms with Crippen LogP contribution in [0.5, 0.6) is 0 Å². The number of carbonyl (C=O) groups is 1. The molecule has 1 saturated carbocycles. The molecule has 0 bridgehead atoms. The lowest BCUT2D eigenvalue weighted by Crippen LogP contribution is -2.45. The summed E-state index contributed by atoms with van der Waals surface area (Å²) in [5, 5.41) is 4.25. The van der Waals surface area contributed by atoms with Crippen LogP contribution in [-0.4, -0.2) is 42.7 Å². The zero-order chi connectivity index (χ0) is 19.2. The summed E-state index contributed by atoms with van der Waals surface area (Å²) in [5.74, 6) is -0.123. The van der Waals surface area contributed by atoms with Crippen molar-refractivity contribution >= 4 is 17.3 Å². The fourth-order valence-corrected chi connectivity index (χ4v) is 3.91. The van der Waals surface area contributed by atoms with E-state index in [-0.39, 0.29) is 5.91 Å². The smallest absolute Gasteiger partial charge is 0.271 e. The van der Waals surface area contributed by atoms with Gasteiger partial charge in [-0.3, -0.25) is 9.69 Å². The molecule has 0 unspecified atom stereocenters. The Balaban J connectivity index is 1.26. The van der Waals surface area contributed by atoms with E-state index in [0.29, 0.717) is 5.56 Å². The first-order valence-corrected chi connectivity index (χ1v) is 10.2. The van der Waals surface area contributed by atoms with E-state index in [1.165, 1.54) is 24.1 Å². The Kier molecular flexibility index (Phi) is 6.02. The zero-order valence-corrected chi connectivity index (χ0v) is 16.3. The summed E-state index contributed by atoms with van der Waals surface area (Å²) in [7, 11) is 0. The Hall–Kier alpha value is -2.66. The molecule has 4 rings (SSSR count). The van der Waals surface area contributed by atoms with Gasteiger partial charge in [-0.1, -0.05) is 30.3 Å². The Morgan fingerprint density at radius 3 is 2.25 bits per heavy atom. The van der Waals surface area contributed by atoms with Gasteiger partial charge < -0.3 is 4.90 Å². The van der Waals surface area contributed by atoms with E-state index in [1.807, 2.05) is 12.1 Å². The van der Waals surface area contributed by atoms with Crippen LogP contribution in [0.25, 0.3) is 0 Å². The van der Waals surface area contributed by atoms with E-state index < -0.39 is 0 Å². The second kappa shape index (κ2) is 9.02. The highest BCUT2D eigenvalue weighted by molar-refractivity contribution is 5.95. The summed E-state index contributed by atoms with van der Waals surface area (Å²) in [4.78, 5) is 17.2. The molecule has 2 aliphatic rings. The number of hydrogen-bond acceptors (Lipinski definition) is 4. The van der Waals surface area contributed by atoms with Crippen LogP contribution in [0.1, 0.15) is 41.6 Å². The van der Waals surface area contributed by atoms with Crippen LogP contribution < -0.4 is 10.3 Å². The lowest BCUT2D eigenvalue weighted by Gasteiger charge is -2.36. The van der Waals surface area contributed by atoms with Crippen LogP contribution in [0.2, 0.25) is 0 Å². The first-order chi connectivity index (χ1) is 13.8. The van der Waals surface area contributed by atoms with Gasteiger partial charge >= 0.3 is 0 Å². The summed E-state index contributed by atoms with van der Waals surface area (Å²) in [6, 6.07) is 18.5. The van der Waals surface area contributed by atoms with Crippen LogP contribution in [-0.2, 0) is 6.54 Å². The van der Waals surface area contributed by atoms with E-state index in [1.54, 1.807) is 0 Å². The Bertz CT molecular complexity index is 800. The van der Waals surface area contributed by atoms with Gasteiger partial charge in [0.15, 0.2) is 0 Å². The molecule has 0 spiro atoms. The molecular weight excluding hydrogens is 348 g/mol. The van der Waals surface area contributed by atoms with Crippen molar-refractivity contribution in [3.05, 3.63) is 65.7 Å². The fourth-order valence-electron chi connectivity index (χ4n) is 3.91. The molecule has 0 radical (unpaired) electrons. The van der Waals surface area contributed by atoms with Crippen molar-refractivity contribution in [2.75, 3.05) is 31.1 Å². The quantitative estimate of drug-likeness (QED) is 0.810. The Morgan fingerprint density at radius 1 is 0.893 bits per heavy atom. The molecule has 28 heavy (non-hydrogen) atoms. The van der Waals surface area contributed by atoms with Crippen LogP contribution in [0.4, 0.5) is 5.69 Å². The highest BCUT2D eigenvalue weighted by Crippen LogP contribution is 2.17. The van der Waals surface area contributed by atoms with Crippen molar-refractivity contribution in [3.8, 4) is 0 Å². The second-order valence-electron chi connectivity index (χ2n) is 7.62. The third-order valence-corrected chi connectivity index (χ3v) is 5.61. The van der Waals surface area contributed by atoms with Crippen molar-refractivity contribution in [1.82, 2.24) is 10.3 Å². The molecule has 1 aliphatic carbocycles. The normalized spacial score (nSPS) is 17.6. The van der Waals surface area contributed by atoms with Gasteiger partial charge in [0.25, 0.3) is 5.91 Å². The third-order valence-electron chi connectivity index (χ3n) is 5.61. The molecule has 5 heteroatoms. The maximum Gasteiger partial charge on any atom is 0.271 e. The molecule has 1 amide bonds. The maximum absolute atomic E-state index is 12.2. The number of para-hydroxylation sites is 1. The first-order valence-electron chi connectivity index (χ1n) is 10.2. The first kappa shape index (κ1) is 18.7. The highest BCUT2D eigenvalue weighted by Gasteiger charge is 2.17. The Morgan fingerprint density at radius 2 is 1.57 bits per heavy atom. The number of amides is 1. The van der Waals surface area contributed by atoms with Crippen molar-refractivity contribution in [1.29, 1.82) is 0 Å². The standard InChI is InChI=1S/C23H28N4O/c28-23(25-24-21-6-4-5-7-21)20-12-10-19(11-13-20)18-26-14-16-27(17-15-26)22-8-2-1-3-9-22/h1-3,8-13H,4-7,14-18H2,(H,25,28). The van der Waals surface area contributed by atoms with Gasteiger partial charge in [0, 0.05) is 49.7 Å². The number of carbonyl (C=O) groups excluding carboxylic acids is 1. The lowest BCUT2D eigenvalue weighted by atomic mass is 10.1. The van der Waals surface area contributed by atoms with Crippen LogP contribution in [0, 0.1) is 0 Å². The van der Waals surface area contributed by atoms with Crippen LogP contribution in [0.3, 0.4) is 0 Å². The van der Waals surface area contributed by atoms with Gasteiger partial charge in [-0.15, -0.1) is 0 Å². The van der Waals surface area contributed by atoms with E-state index >= 15 is 0 Å². The average Bonchev–Trinajstić information content (AvgIpc) is 3.27. The van der Waals surface area contributed by atoms with E-state index in [0.717, 1.165) is 51.3 Å². The lowest BCUT2D eigenvalue weighted by molar-refractivity contribution is 0.0954. The van der Waals surface area contributed by atoms with Crippen molar-refractivity contribution in [2.45, 2.75) is 32.2 Å². The molecule has 1 aliphatic heterocycles. The molecule has 1 N–H and O–H groups in total. The minimum absolute atomic E-state index is 0.123. The highest BCUT2D eigenvalue weighted by atomic mass is 16.2. The molecule has 2 fully saturated rings. The number of rotatable bonds is 5. The molecule has 1 saturated heterocycles. The average molecular weight is 377 g/mol. The largest absolute Gasteiger partial charge is 0.369 e. The van der Waals surface area contributed by atoms with E-state index in [4.69, 9.17) is 0 Å². The number of benzene rings is 2. The number of piperazine rings is 1. The third kappa shape index (κ3) is 4.78. The van der Waals surface area contributed by atoms with E-state index in [2.05, 4.69) is 62.8 Å². The SMILES string of the molecule is O=C(NN=C1CCCC1)c1ccc(CN2CCN(c3ccccc3)CC2)cc1. The summed E-state index contributed by atoms with van der Waals surface area (Å²) in [5.41, 5.74) is 7.02. The summed E-state index contributed by atoms with van der Waals surface area (Å²) in [6.45, 7) is 5.12. The summed E-state index contributed by atoms with van der Waals surface area (Å²) in [6.07, 6.45) is 4.39. The molecule has 5 nitrogen and oxygen atoms in total. The molecule has 0 atom stereocenters. The fraction of sp³-hybridized carbons (Fsp3) is 0.391. The molecule has 2 aromatic rings. The minimum Gasteiger partial charge on any atom is -0.369 e. The summed E-state index contributed by atoms with van der Waals surface area (Å²) < 4.78 is 0. The Labute approximate surface area is 167 Å². The van der Waals surface area contributed by atoms with Crippen molar-refractivity contribution in [3.63, 3.8) is 0 Å². The van der Waals surface area contributed by atoms with Crippen LogP contribution >= 0.6 is 0 Å². The number of nitrogens with one attached hydrogen (secondary N) is 1. The van der Waals surface area contributed by atoms with Gasteiger partial charge in [0.2, 0.25) is 0 Å². The van der Waals surface area contributed by atoms with Gasteiger partial charge in [-0.2, -0.15) is 5.10 Å². The zero-order valence-electron chi connectivity index (χ0n) is 16.3. The second-order valence-corrected chi connectivity index (χ2v) is 7.62. The predicted octanol–water partition coefficient (Wildman–Crippen LogP) is 3.67. The maximum atomic E-state index is 12.2. The van der Waals surface area contributed by atoms with Crippen LogP contribution in [0.15, 0.2) is 59.7 Å². The van der Waals surface area contributed by atoms with Crippen molar-refractivity contribution in [2.24, 2.45) is 5.10 Å². The van der Waals surface area contributed by atoms with E-state index in [9.17, 15) is 4.79 Å². The molecular formula is C23H28N4O. The van der Waals surface area contributed by atoms with Crippen molar-refractivity contribution < 1.29 is 4.79 Å². The molecule has 0 aromatic heterocycles. The molecule has 2 aromatic carbocycles. The summed E-state index contributed by atoms with van der Waals surface area (Å²) >= 11 is 0.